The first-order valence-corrected chi connectivity index (χ1v) is 8.85. The van der Waals surface area contributed by atoms with Crippen LogP contribution in [0.2, 0.25) is 0 Å². The molecule has 1 atom stereocenters. The summed E-state index contributed by atoms with van der Waals surface area (Å²) >= 11 is 0. The molecule has 3 N–H and O–H groups in total. The van der Waals surface area contributed by atoms with E-state index in [0.717, 1.165) is 25.7 Å². The number of nitrogens with two attached hydrogens (primary N) is 1. The van der Waals surface area contributed by atoms with E-state index in [1.54, 1.807) is 6.92 Å². The number of nitrogens with one attached hydrogen (secondary N) is 1. The van der Waals surface area contributed by atoms with Crippen molar-refractivity contribution in [1.82, 2.24) is 4.72 Å². The van der Waals surface area contributed by atoms with E-state index in [1.807, 2.05) is 6.92 Å². The summed E-state index contributed by atoms with van der Waals surface area (Å²) in [6.45, 7) is 3.43. The normalized spacial score (nSPS) is 18.1. The Bertz CT molecular complexity index is 610. The molecule has 1 aliphatic carbocycles. The van der Waals surface area contributed by atoms with Crippen molar-refractivity contribution in [2.75, 3.05) is 0 Å². The lowest BCUT2D eigenvalue weighted by atomic mass is 10.0. The van der Waals surface area contributed by atoms with Gasteiger partial charge in [-0.05, 0) is 50.3 Å². The second kappa shape index (κ2) is 6.42. The summed E-state index contributed by atoms with van der Waals surface area (Å²) in [4.78, 5) is 0.0895. The van der Waals surface area contributed by atoms with Crippen molar-refractivity contribution < 1.29 is 12.8 Å². The van der Waals surface area contributed by atoms with Crippen LogP contribution in [0.1, 0.15) is 43.7 Å². The SMILES string of the molecule is Cc1cc(S(=O)(=O)NC(C)C2CCCC2)cc(CN)c1F. The van der Waals surface area contributed by atoms with Gasteiger partial charge in [-0.25, -0.2) is 17.5 Å². The maximum Gasteiger partial charge on any atom is 0.240 e. The third-order valence-electron chi connectivity index (χ3n) is 4.28. The lowest BCUT2D eigenvalue weighted by Gasteiger charge is -2.20. The Morgan fingerprint density at radius 3 is 2.57 bits per heavy atom. The van der Waals surface area contributed by atoms with Crippen molar-refractivity contribution in [1.29, 1.82) is 0 Å². The molecule has 6 heteroatoms. The van der Waals surface area contributed by atoms with E-state index in [0.29, 0.717) is 11.5 Å². The molecule has 4 nitrogen and oxygen atoms in total. The van der Waals surface area contributed by atoms with E-state index in [1.165, 1.54) is 12.1 Å². The summed E-state index contributed by atoms with van der Waals surface area (Å²) in [5.74, 6) is -0.0457. The highest BCUT2D eigenvalue weighted by Crippen LogP contribution is 2.28. The minimum Gasteiger partial charge on any atom is -0.326 e. The molecule has 0 aliphatic heterocycles. The molecule has 1 aromatic rings. The molecule has 0 saturated heterocycles. The van der Waals surface area contributed by atoms with Crippen LogP contribution in [0.15, 0.2) is 17.0 Å². The zero-order chi connectivity index (χ0) is 15.6. The summed E-state index contributed by atoms with van der Waals surface area (Å²) in [5, 5.41) is 0. The van der Waals surface area contributed by atoms with Crippen molar-refractivity contribution in [3.8, 4) is 0 Å². The number of hydrogen-bond donors (Lipinski definition) is 2. The van der Waals surface area contributed by atoms with Gasteiger partial charge in [0, 0.05) is 18.2 Å². The van der Waals surface area contributed by atoms with E-state index >= 15 is 0 Å². The molecule has 0 radical (unpaired) electrons. The summed E-state index contributed by atoms with van der Waals surface area (Å²) in [6.07, 6.45) is 4.42. The Kier molecular flexibility index (Phi) is 5.01. The maximum atomic E-state index is 13.8. The van der Waals surface area contributed by atoms with Crippen LogP contribution in [-0.2, 0) is 16.6 Å². The van der Waals surface area contributed by atoms with Gasteiger partial charge in [0.15, 0.2) is 0 Å². The monoisotopic (exact) mass is 314 g/mol. The Labute approximate surface area is 126 Å². The molecule has 0 amide bonds. The number of rotatable bonds is 5. The Morgan fingerprint density at radius 1 is 1.38 bits per heavy atom. The van der Waals surface area contributed by atoms with Gasteiger partial charge in [-0.3, -0.25) is 0 Å². The van der Waals surface area contributed by atoms with Crippen molar-refractivity contribution in [3.63, 3.8) is 0 Å². The van der Waals surface area contributed by atoms with E-state index in [4.69, 9.17) is 5.73 Å². The largest absolute Gasteiger partial charge is 0.326 e. The second-order valence-corrected chi connectivity index (χ2v) is 7.59. The number of aryl methyl sites for hydroxylation is 1. The maximum absolute atomic E-state index is 13.8. The predicted octanol–water partition coefficient (Wildman–Crippen LogP) is 2.45. The van der Waals surface area contributed by atoms with Gasteiger partial charge in [-0.2, -0.15) is 0 Å². The summed E-state index contributed by atoms with van der Waals surface area (Å²) in [6, 6.07) is 2.58. The molecule has 1 aliphatic rings. The molecule has 118 valence electrons. The van der Waals surface area contributed by atoms with Crippen LogP contribution in [-0.4, -0.2) is 14.5 Å². The van der Waals surface area contributed by atoms with Gasteiger partial charge in [-0.1, -0.05) is 12.8 Å². The first-order chi connectivity index (χ1) is 9.85. The highest BCUT2D eigenvalue weighted by Gasteiger charge is 2.26. The summed E-state index contributed by atoms with van der Waals surface area (Å²) in [7, 11) is -3.64. The third kappa shape index (κ3) is 3.62. The average molecular weight is 314 g/mol. The van der Waals surface area contributed by atoms with E-state index in [9.17, 15) is 12.8 Å². The smallest absolute Gasteiger partial charge is 0.240 e. The van der Waals surface area contributed by atoms with Crippen LogP contribution < -0.4 is 10.5 Å². The first-order valence-electron chi connectivity index (χ1n) is 7.36. The molecule has 0 spiro atoms. The zero-order valence-corrected chi connectivity index (χ0v) is 13.3. The molecule has 21 heavy (non-hydrogen) atoms. The number of hydrogen-bond acceptors (Lipinski definition) is 3. The van der Waals surface area contributed by atoms with Gasteiger partial charge in [0.05, 0.1) is 4.90 Å². The van der Waals surface area contributed by atoms with E-state index in [2.05, 4.69) is 4.72 Å². The van der Waals surface area contributed by atoms with Crippen molar-refractivity contribution in [2.24, 2.45) is 11.7 Å². The van der Waals surface area contributed by atoms with Crippen LogP contribution >= 0.6 is 0 Å². The lowest BCUT2D eigenvalue weighted by molar-refractivity contribution is 0.424. The predicted molar refractivity (Wildman–Crippen MR) is 80.8 cm³/mol. The van der Waals surface area contributed by atoms with E-state index in [-0.39, 0.29) is 23.0 Å². The molecule has 0 aromatic heterocycles. The quantitative estimate of drug-likeness (QED) is 0.877. The standard InChI is InChI=1S/C15H23FN2O2S/c1-10-7-14(8-13(9-17)15(10)16)21(19,20)18-11(2)12-5-3-4-6-12/h7-8,11-12,18H,3-6,9,17H2,1-2H3. The van der Waals surface area contributed by atoms with Crippen LogP contribution in [0, 0.1) is 18.7 Å². The Balaban J connectivity index is 2.24. The topological polar surface area (TPSA) is 72.2 Å². The summed E-state index contributed by atoms with van der Waals surface area (Å²) in [5.41, 5.74) is 6.00. The average Bonchev–Trinajstić information content (AvgIpc) is 2.95. The minimum absolute atomic E-state index is 0.0196. The Morgan fingerprint density at radius 2 is 2.00 bits per heavy atom. The molecule has 1 saturated carbocycles. The molecular weight excluding hydrogens is 291 g/mol. The van der Waals surface area contributed by atoms with Crippen molar-refractivity contribution in [3.05, 3.63) is 29.1 Å². The Hall–Kier alpha value is -0.980. The number of halogens is 1. The van der Waals surface area contributed by atoms with Gasteiger partial charge in [0.25, 0.3) is 0 Å². The highest BCUT2D eigenvalue weighted by atomic mass is 32.2. The molecular formula is C15H23FN2O2S. The molecule has 1 fully saturated rings. The fraction of sp³-hybridized carbons (Fsp3) is 0.600. The van der Waals surface area contributed by atoms with Gasteiger partial charge in [0.1, 0.15) is 5.82 Å². The third-order valence-corrected chi connectivity index (χ3v) is 5.82. The van der Waals surface area contributed by atoms with Crippen molar-refractivity contribution >= 4 is 10.0 Å². The highest BCUT2D eigenvalue weighted by molar-refractivity contribution is 7.89. The fourth-order valence-electron chi connectivity index (χ4n) is 2.98. The van der Waals surface area contributed by atoms with Crippen LogP contribution in [0.3, 0.4) is 0 Å². The number of benzene rings is 1. The molecule has 0 heterocycles. The lowest BCUT2D eigenvalue weighted by Crippen LogP contribution is -2.37. The van der Waals surface area contributed by atoms with Gasteiger partial charge >= 0.3 is 0 Å². The van der Waals surface area contributed by atoms with Gasteiger partial charge in [-0.15, -0.1) is 0 Å². The second-order valence-electron chi connectivity index (χ2n) is 5.87. The van der Waals surface area contributed by atoms with E-state index < -0.39 is 15.8 Å². The van der Waals surface area contributed by atoms with Crippen LogP contribution in [0.5, 0.6) is 0 Å². The molecule has 2 rings (SSSR count). The van der Waals surface area contributed by atoms with Crippen LogP contribution in [0.4, 0.5) is 4.39 Å². The minimum atomic E-state index is -3.64. The van der Waals surface area contributed by atoms with Crippen LogP contribution in [0.25, 0.3) is 0 Å². The zero-order valence-electron chi connectivity index (χ0n) is 12.5. The summed E-state index contributed by atoms with van der Waals surface area (Å²) < 4.78 is 41.4. The number of sulfonamides is 1. The molecule has 1 unspecified atom stereocenters. The van der Waals surface area contributed by atoms with Gasteiger partial charge in [0.2, 0.25) is 10.0 Å². The first kappa shape index (κ1) is 16.4. The van der Waals surface area contributed by atoms with Gasteiger partial charge < -0.3 is 5.73 Å². The molecule has 1 aromatic carbocycles. The fourth-order valence-corrected chi connectivity index (χ4v) is 4.42. The molecule has 0 bridgehead atoms. The van der Waals surface area contributed by atoms with Crippen molar-refractivity contribution in [2.45, 2.75) is 57.0 Å².